The van der Waals surface area contributed by atoms with Crippen LogP contribution in [0.4, 0.5) is 0 Å². The van der Waals surface area contributed by atoms with E-state index >= 15 is 0 Å². The molecule has 1 fully saturated rings. The maximum atomic E-state index is 12.7. The summed E-state index contributed by atoms with van der Waals surface area (Å²) in [5.41, 5.74) is 1.35. The van der Waals surface area contributed by atoms with Crippen molar-refractivity contribution in [2.24, 2.45) is 0 Å². The molecule has 126 valence electrons. The van der Waals surface area contributed by atoms with E-state index in [-0.39, 0.29) is 18.6 Å². The molecule has 1 saturated heterocycles. The Kier molecular flexibility index (Phi) is 4.32. The molecule has 0 N–H and O–H groups in total. The topological polar surface area (TPSA) is 46.6 Å². The second kappa shape index (κ2) is 6.76. The Morgan fingerprint density at radius 3 is 2.40 bits per heavy atom. The molecule has 0 saturated carbocycles. The van der Waals surface area contributed by atoms with Crippen LogP contribution in [0.2, 0.25) is 0 Å². The molecular weight excluding hydrogens is 334 g/mol. The fraction of sp³-hybridized carbons (Fsp3) is 0.200. The first-order valence-electron chi connectivity index (χ1n) is 8.21. The Hall–Kier alpha value is -2.53. The molecule has 1 unspecified atom stereocenters. The van der Waals surface area contributed by atoms with Crippen LogP contribution in [-0.4, -0.2) is 22.8 Å². The number of carbonyl (C=O) groups excluding carboxylic acids is 2. The van der Waals surface area contributed by atoms with Crippen LogP contribution >= 0.6 is 11.8 Å². The number of nitrogens with zero attached hydrogens (tertiary/aromatic N) is 1. The number of rotatable bonds is 5. The number of hydrogen-bond acceptors (Lipinski definition) is 4. The van der Waals surface area contributed by atoms with Gasteiger partial charge in [-0.05, 0) is 17.7 Å². The molecule has 25 heavy (non-hydrogen) atoms. The maximum Gasteiger partial charge on any atom is 0.356 e. The molecule has 1 amide bonds. The van der Waals surface area contributed by atoms with Gasteiger partial charge in [0.05, 0.1) is 6.04 Å². The second-order valence-corrected chi connectivity index (χ2v) is 7.24. The van der Waals surface area contributed by atoms with Gasteiger partial charge in [-0.1, -0.05) is 60.3 Å². The molecule has 0 aliphatic carbocycles. The maximum absolute atomic E-state index is 12.7. The molecule has 4 nitrogen and oxygen atoms in total. The molecule has 5 heteroatoms. The zero-order valence-corrected chi connectivity index (χ0v) is 14.4. The van der Waals surface area contributed by atoms with E-state index in [1.54, 1.807) is 16.7 Å². The summed E-state index contributed by atoms with van der Waals surface area (Å²) in [5.74, 6) is -0.418. The third-order valence-electron chi connectivity index (χ3n) is 4.36. The largest absolute Gasteiger partial charge is 0.456 e. The van der Waals surface area contributed by atoms with E-state index in [0.717, 1.165) is 21.8 Å². The lowest BCUT2D eigenvalue weighted by atomic mass is 10.0. The fourth-order valence-corrected chi connectivity index (χ4v) is 4.25. The van der Waals surface area contributed by atoms with Crippen LogP contribution in [0.15, 0.2) is 76.2 Å². The third kappa shape index (κ3) is 3.20. The van der Waals surface area contributed by atoms with Gasteiger partial charge in [0, 0.05) is 22.6 Å². The first kappa shape index (κ1) is 16.0. The molecule has 1 atom stereocenters. The number of ether oxygens (including phenoxy) is 1. The summed E-state index contributed by atoms with van der Waals surface area (Å²) in [7, 11) is 0. The molecule has 2 aromatic carbocycles. The molecule has 2 aliphatic heterocycles. The number of amides is 1. The lowest BCUT2D eigenvalue weighted by molar-refractivity contribution is -0.150. The number of β-lactam (4-membered cyclic amide) rings is 1. The van der Waals surface area contributed by atoms with Crippen molar-refractivity contribution in [2.45, 2.75) is 30.4 Å². The highest BCUT2D eigenvalue weighted by Crippen LogP contribution is 2.45. The average molecular weight is 351 g/mol. The first-order valence-corrected chi connectivity index (χ1v) is 9.03. The van der Waals surface area contributed by atoms with Crippen molar-refractivity contribution in [1.82, 2.24) is 4.90 Å². The third-order valence-corrected chi connectivity index (χ3v) is 5.47. The van der Waals surface area contributed by atoms with Crippen molar-refractivity contribution in [3.8, 4) is 0 Å². The van der Waals surface area contributed by atoms with Gasteiger partial charge in [0.25, 0.3) is 0 Å². The number of carbonyl (C=O) groups is 2. The number of thioether (sulfide) groups is 1. The molecule has 2 aromatic rings. The Morgan fingerprint density at radius 2 is 1.72 bits per heavy atom. The van der Waals surface area contributed by atoms with Crippen LogP contribution < -0.4 is 0 Å². The molecule has 2 aliphatic rings. The minimum absolute atomic E-state index is 0.000299. The van der Waals surface area contributed by atoms with Gasteiger partial charge in [-0.3, -0.25) is 4.79 Å². The van der Waals surface area contributed by atoms with E-state index in [1.165, 1.54) is 0 Å². The van der Waals surface area contributed by atoms with Gasteiger partial charge in [0.15, 0.2) is 0 Å². The Morgan fingerprint density at radius 1 is 1.04 bits per heavy atom. The van der Waals surface area contributed by atoms with Crippen molar-refractivity contribution in [3.05, 3.63) is 76.8 Å². The van der Waals surface area contributed by atoms with Crippen molar-refractivity contribution in [3.63, 3.8) is 0 Å². The van der Waals surface area contributed by atoms with Crippen molar-refractivity contribution in [1.29, 1.82) is 0 Å². The monoisotopic (exact) mass is 351 g/mol. The number of hydrogen-bond donors (Lipinski definition) is 0. The molecule has 0 aromatic heterocycles. The zero-order valence-electron chi connectivity index (χ0n) is 13.6. The summed E-state index contributed by atoms with van der Waals surface area (Å²) < 4.78 is 5.48. The van der Waals surface area contributed by atoms with Gasteiger partial charge in [0.1, 0.15) is 12.3 Å². The van der Waals surface area contributed by atoms with Crippen LogP contribution in [0, 0.1) is 0 Å². The number of fused-ring (bicyclic) bond motifs is 1. The Balaban J connectivity index is 1.54. The van der Waals surface area contributed by atoms with Crippen LogP contribution in [0.1, 0.15) is 18.4 Å². The van der Waals surface area contributed by atoms with Crippen molar-refractivity contribution >= 4 is 23.6 Å². The minimum atomic E-state index is -0.419. The Labute approximate surface area is 150 Å². The molecule has 4 rings (SSSR count). The highest BCUT2D eigenvalue weighted by molar-refractivity contribution is 8.03. The van der Waals surface area contributed by atoms with E-state index in [1.807, 2.05) is 60.7 Å². The SMILES string of the molecule is O=C(OCc1ccccc1)C1=C(Sc2ccccc2)CC2CC(=O)N12. The molecule has 0 bridgehead atoms. The van der Waals surface area contributed by atoms with Gasteiger partial charge in [-0.15, -0.1) is 0 Å². The fourth-order valence-electron chi connectivity index (χ4n) is 3.12. The molecule has 2 heterocycles. The summed E-state index contributed by atoms with van der Waals surface area (Å²) in [4.78, 5) is 28.2. The predicted molar refractivity (Wildman–Crippen MR) is 95.4 cm³/mol. The summed E-state index contributed by atoms with van der Waals surface area (Å²) in [6.07, 6.45) is 1.23. The second-order valence-electron chi connectivity index (χ2n) is 6.07. The average Bonchev–Trinajstić information content (AvgIpc) is 2.93. The minimum Gasteiger partial charge on any atom is -0.456 e. The number of benzene rings is 2. The van der Waals surface area contributed by atoms with E-state index in [9.17, 15) is 9.59 Å². The van der Waals surface area contributed by atoms with Crippen molar-refractivity contribution < 1.29 is 14.3 Å². The van der Waals surface area contributed by atoms with Crippen LogP contribution in [0.25, 0.3) is 0 Å². The lowest BCUT2D eigenvalue weighted by Gasteiger charge is -2.35. The highest BCUT2D eigenvalue weighted by atomic mass is 32.2. The van der Waals surface area contributed by atoms with Crippen LogP contribution in [-0.2, 0) is 20.9 Å². The highest BCUT2D eigenvalue weighted by Gasteiger charge is 2.48. The summed E-state index contributed by atoms with van der Waals surface area (Å²) in [5, 5.41) is 0. The zero-order chi connectivity index (χ0) is 17.2. The molecular formula is C20H17NO3S. The standard InChI is InChI=1S/C20H17NO3S/c22-18-12-15-11-17(25-16-9-5-2-6-10-16)19(21(15)18)20(23)24-13-14-7-3-1-4-8-14/h1-10,15H,11-13H2. The van der Waals surface area contributed by atoms with Gasteiger partial charge in [-0.2, -0.15) is 0 Å². The van der Waals surface area contributed by atoms with Gasteiger partial charge in [0.2, 0.25) is 5.91 Å². The van der Waals surface area contributed by atoms with Crippen molar-refractivity contribution in [2.75, 3.05) is 0 Å². The summed E-state index contributed by atoms with van der Waals surface area (Å²) in [6.45, 7) is 0.207. The molecule has 0 radical (unpaired) electrons. The van der Waals surface area contributed by atoms with E-state index < -0.39 is 5.97 Å². The Bertz CT molecular complexity index is 833. The summed E-state index contributed by atoms with van der Waals surface area (Å²) in [6, 6.07) is 19.6. The molecule has 0 spiro atoms. The predicted octanol–water partition coefficient (Wildman–Crippen LogP) is 3.74. The quantitative estimate of drug-likeness (QED) is 0.608. The van der Waals surface area contributed by atoms with E-state index in [0.29, 0.717) is 12.1 Å². The first-order chi connectivity index (χ1) is 12.2. The van der Waals surface area contributed by atoms with Crippen LogP contribution in [0.5, 0.6) is 0 Å². The lowest BCUT2D eigenvalue weighted by Crippen LogP contribution is -2.49. The van der Waals surface area contributed by atoms with Gasteiger partial charge in [-0.25, -0.2) is 4.79 Å². The van der Waals surface area contributed by atoms with Crippen LogP contribution in [0.3, 0.4) is 0 Å². The van der Waals surface area contributed by atoms with Gasteiger partial charge < -0.3 is 9.64 Å². The van der Waals surface area contributed by atoms with Gasteiger partial charge >= 0.3 is 5.97 Å². The normalized spacial score (nSPS) is 18.8. The summed E-state index contributed by atoms with van der Waals surface area (Å²) >= 11 is 1.54. The van der Waals surface area contributed by atoms with E-state index in [4.69, 9.17) is 4.74 Å². The van der Waals surface area contributed by atoms with E-state index in [2.05, 4.69) is 0 Å². The number of esters is 1. The smallest absolute Gasteiger partial charge is 0.356 e.